The third-order valence-corrected chi connectivity index (χ3v) is 1.32. The van der Waals surface area contributed by atoms with Gasteiger partial charge in [0.2, 0.25) is 0 Å². The lowest BCUT2D eigenvalue weighted by molar-refractivity contribution is 0.287. The van der Waals surface area contributed by atoms with Crippen LogP contribution in [0.15, 0.2) is 23.1 Å². The average molecular weight is 169 g/mol. The minimum absolute atomic E-state index is 0.133. The van der Waals surface area contributed by atoms with Crippen LogP contribution in [0.5, 0.6) is 5.75 Å². The minimum atomic E-state index is -1.89. The minimum Gasteiger partial charge on any atom is -0.512 e. The van der Waals surface area contributed by atoms with Crippen molar-refractivity contribution in [2.45, 2.75) is 0 Å². The lowest BCUT2D eigenvalue weighted by atomic mass is 10.2. The van der Waals surface area contributed by atoms with E-state index in [9.17, 15) is 4.79 Å². The molecule has 1 aromatic heterocycles. The van der Waals surface area contributed by atoms with Gasteiger partial charge in [-0.1, -0.05) is 0 Å². The van der Waals surface area contributed by atoms with Crippen LogP contribution in [0.1, 0.15) is 0 Å². The molecule has 1 rings (SSSR count). The molecular weight excluding hydrogens is 161 g/mol. The molecule has 0 radical (unpaired) electrons. The number of aryl methyl sites for hydroxylation is 1. The molecule has 0 aliphatic heterocycles. The summed E-state index contributed by atoms with van der Waals surface area (Å²) in [5.74, 6) is 0.133. The maximum absolute atomic E-state index is 10.9. The Balaban J connectivity index is 2.90. The van der Waals surface area contributed by atoms with Crippen LogP contribution < -0.4 is 10.2 Å². The van der Waals surface area contributed by atoms with E-state index in [1.165, 1.54) is 22.9 Å². The monoisotopic (exact) mass is 169 g/mol. The summed E-state index contributed by atoms with van der Waals surface area (Å²) < 4.78 is 5.79. The Hall–Kier alpha value is -1.27. The highest BCUT2D eigenvalue weighted by Crippen LogP contribution is 2.04. The molecule has 0 aliphatic carbocycles. The van der Waals surface area contributed by atoms with E-state index in [-0.39, 0.29) is 11.3 Å². The third kappa shape index (κ3) is 2.11. The molecule has 0 aromatic carbocycles. The Labute approximate surface area is 69.0 Å². The van der Waals surface area contributed by atoms with Gasteiger partial charge in [0.25, 0.3) is 5.56 Å². The largest absolute Gasteiger partial charge is 0.707 e. The summed E-state index contributed by atoms with van der Waals surface area (Å²) in [5.41, 5.74) is -0.270. The first-order chi connectivity index (χ1) is 5.59. The zero-order chi connectivity index (χ0) is 9.14. The molecule has 0 bridgehead atoms. The molecule has 5 nitrogen and oxygen atoms in total. The molecule has 6 heteroatoms. The van der Waals surface area contributed by atoms with Gasteiger partial charge in [-0.05, 0) is 6.07 Å². The number of hydrogen-bond donors (Lipinski definition) is 2. The normalized spacial score (nSPS) is 9.58. The van der Waals surface area contributed by atoms with Gasteiger partial charge in [-0.15, -0.1) is 0 Å². The summed E-state index contributed by atoms with van der Waals surface area (Å²) in [7, 11) is -0.307. The number of hydrogen-bond acceptors (Lipinski definition) is 4. The molecule has 1 heterocycles. The van der Waals surface area contributed by atoms with E-state index in [1.807, 2.05) is 0 Å². The quantitative estimate of drug-likeness (QED) is 0.541. The zero-order valence-corrected chi connectivity index (χ0v) is 6.47. The van der Waals surface area contributed by atoms with Gasteiger partial charge in [-0.2, -0.15) is 0 Å². The van der Waals surface area contributed by atoms with E-state index in [4.69, 9.17) is 10.0 Å². The van der Waals surface area contributed by atoms with Gasteiger partial charge in [0.15, 0.2) is 0 Å². The van der Waals surface area contributed by atoms with Crippen molar-refractivity contribution in [3.8, 4) is 5.75 Å². The van der Waals surface area contributed by atoms with Crippen LogP contribution in [-0.4, -0.2) is 21.9 Å². The highest BCUT2D eigenvalue weighted by Gasteiger charge is 2.10. The smallest absolute Gasteiger partial charge is 0.512 e. The molecule has 1 aromatic rings. The van der Waals surface area contributed by atoms with E-state index in [2.05, 4.69) is 4.65 Å². The van der Waals surface area contributed by atoms with Crippen molar-refractivity contribution in [2.75, 3.05) is 0 Å². The Morgan fingerprint density at radius 1 is 1.58 bits per heavy atom. The van der Waals surface area contributed by atoms with Crippen molar-refractivity contribution >= 4 is 7.32 Å². The molecule has 0 saturated heterocycles. The lowest BCUT2D eigenvalue weighted by Gasteiger charge is -2.03. The molecule has 0 spiro atoms. The van der Waals surface area contributed by atoms with Gasteiger partial charge in [0.05, 0.1) is 0 Å². The van der Waals surface area contributed by atoms with Gasteiger partial charge >= 0.3 is 7.32 Å². The fraction of sp³-hybridized carbons (Fsp3) is 0.167. The summed E-state index contributed by atoms with van der Waals surface area (Å²) in [5, 5.41) is 16.8. The Morgan fingerprint density at radius 2 is 2.25 bits per heavy atom. The summed E-state index contributed by atoms with van der Waals surface area (Å²) in [6.45, 7) is 0. The molecule has 0 amide bonds. The average Bonchev–Trinajstić information content (AvgIpc) is 1.96. The van der Waals surface area contributed by atoms with Gasteiger partial charge < -0.3 is 19.3 Å². The van der Waals surface area contributed by atoms with Crippen LogP contribution in [-0.2, 0) is 7.05 Å². The topological polar surface area (TPSA) is 71.7 Å². The predicted octanol–water partition coefficient (Wildman–Crippen LogP) is -1.27. The van der Waals surface area contributed by atoms with Gasteiger partial charge in [0, 0.05) is 19.3 Å². The highest BCUT2D eigenvalue weighted by molar-refractivity contribution is 6.33. The molecule has 12 heavy (non-hydrogen) atoms. The van der Waals surface area contributed by atoms with Crippen LogP contribution in [0.25, 0.3) is 0 Å². The Morgan fingerprint density at radius 3 is 2.75 bits per heavy atom. The number of aromatic nitrogens is 1. The molecule has 64 valence electrons. The molecule has 0 atom stereocenters. The van der Waals surface area contributed by atoms with Crippen molar-refractivity contribution in [2.24, 2.45) is 7.05 Å². The van der Waals surface area contributed by atoms with Crippen molar-refractivity contribution in [1.82, 2.24) is 4.57 Å². The maximum atomic E-state index is 10.9. The van der Waals surface area contributed by atoms with Crippen LogP contribution in [0, 0.1) is 0 Å². The van der Waals surface area contributed by atoms with E-state index in [0.29, 0.717) is 0 Å². The zero-order valence-electron chi connectivity index (χ0n) is 6.47. The van der Waals surface area contributed by atoms with Crippen LogP contribution in [0.2, 0.25) is 0 Å². The van der Waals surface area contributed by atoms with E-state index in [0.717, 1.165) is 0 Å². The van der Waals surface area contributed by atoms with E-state index >= 15 is 0 Å². The third-order valence-electron chi connectivity index (χ3n) is 1.32. The first kappa shape index (κ1) is 8.83. The number of nitrogens with zero attached hydrogens (tertiary/aromatic N) is 1. The van der Waals surface area contributed by atoms with Crippen molar-refractivity contribution < 1.29 is 14.7 Å². The van der Waals surface area contributed by atoms with E-state index in [1.54, 1.807) is 7.05 Å². The lowest BCUT2D eigenvalue weighted by Crippen LogP contribution is -2.22. The van der Waals surface area contributed by atoms with Crippen LogP contribution >= 0.6 is 0 Å². The van der Waals surface area contributed by atoms with Crippen molar-refractivity contribution in [1.29, 1.82) is 0 Å². The predicted molar refractivity (Wildman–Crippen MR) is 42.5 cm³/mol. The molecule has 0 fully saturated rings. The fourth-order valence-corrected chi connectivity index (χ4v) is 0.725. The van der Waals surface area contributed by atoms with Crippen LogP contribution in [0.3, 0.4) is 0 Å². The Kier molecular flexibility index (Phi) is 2.52. The first-order valence-corrected chi connectivity index (χ1v) is 3.29. The standard InChI is InChI=1S/C6H8BNO4/c1-8-3-2-5(4-6(8)9)12-7(10)11/h2-4,10-11H,1H3. The van der Waals surface area contributed by atoms with Crippen molar-refractivity contribution in [3.63, 3.8) is 0 Å². The Bertz CT molecular complexity index is 322. The van der Waals surface area contributed by atoms with Gasteiger partial charge in [-0.3, -0.25) is 4.79 Å². The summed E-state index contributed by atoms with van der Waals surface area (Å²) in [6.07, 6.45) is 1.47. The number of pyridine rings is 1. The molecular formula is C6H8BNO4. The van der Waals surface area contributed by atoms with Gasteiger partial charge in [0.1, 0.15) is 5.75 Å². The van der Waals surface area contributed by atoms with E-state index < -0.39 is 7.32 Å². The molecule has 0 aliphatic rings. The summed E-state index contributed by atoms with van der Waals surface area (Å²) in [6, 6.07) is 2.63. The summed E-state index contributed by atoms with van der Waals surface area (Å²) >= 11 is 0. The van der Waals surface area contributed by atoms with Crippen LogP contribution in [0.4, 0.5) is 0 Å². The summed E-state index contributed by atoms with van der Waals surface area (Å²) in [4.78, 5) is 10.9. The van der Waals surface area contributed by atoms with Crippen molar-refractivity contribution in [3.05, 3.63) is 28.7 Å². The fourth-order valence-electron chi connectivity index (χ4n) is 0.725. The second-order valence-corrected chi connectivity index (χ2v) is 2.26. The molecule has 0 unspecified atom stereocenters. The maximum Gasteiger partial charge on any atom is 0.707 e. The first-order valence-electron chi connectivity index (χ1n) is 3.29. The highest BCUT2D eigenvalue weighted by atomic mass is 16.6. The molecule has 0 saturated carbocycles. The second kappa shape index (κ2) is 3.42. The second-order valence-electron chi connectivity index (χ2n) is 2.26. The SMILES string of the molecule is Cn1ccc(OB(O)O)cc1=O. The van der Waals surface area contributed by atoms with Gasteiger partial charge in [-0.25, -0.2) is 0 Å². The molecule has 2 N–H and O–H groups in total. The number of rotatable bonds is 2.